The highest BCUT2D eigenvalue weighted by atomic mass is 79.9. The van der Waals surface area contributed by atoms with Crippen molar-refractivity contribution in [3.8, 4) is 5.69 Å². The van der Waals surface area contributed by atoms with Crippen molar-refractivity contribution in [2.75, 3.05) is 5.73 Å². The number of benzene rings is 1. The first kappa shape index (κ1) is 11.7. The Labute approximate surface area is 106 Å². The van der Waals surface area contributed by atoms with Crippen LogP contribution in [0.1, 0.15) is 16.1 Å². The lowest BCUT2D eigenvalue weighted by atomic mass is 10.2. The maximum atomic E-state index is 11.0. The highest BCUT2D eigenvalue weighted by molar-refractivity contribution is 9.10. The van der Waals surface area contributed by atoms with Crippen LogP contribution < -0.4 is 5.73 Å². The van der Waals surface area contributed by atoms with E-state index in [2.05, 4.69) is 21.0 Å². The minimum atomic E-state index is -1.07. The summed E-state index contributed by atoms with van der Waals surface area (Å²) in [6, 6.07) is 7.32. The molecule has 0 saturated carbocycles. The number of aromatic nitrogens is 2. The minimum Gasteiger partial charge on any atom is -0.477 e. The summed E-state index contributed by atoms with van der Waals surface area (Å²) in [6.45, 7) is 1.62. The third-order valence-corrected chi connectivity index (χ3v) is 2.86. The molecule has 0 aliphatic rings. The van der Waals surface area contributed by atoms with E-state index in [1.807, 2.05) is 18.2 Å². The zero-order valence-corrected chi connectivity index (χ0v) is 10.6. The Kier molecular flexibility index (Phi) is 2.89. The van der Waals surface area contributed by atoms with Crippen molar-refractivity contribution in [3.05, 3.63) is 40.0 Å². The number of rotatable bonds is 2. The molecule has 1 heterocycles. The van der Waals surface area contributed by atoms with Gasteiger partial charge in [0.15, 0.2) is 0 Å². The van der Waals surface area contributed by atoms with Gasteiger partial charge < -0.3 is 10.8 Å². The Bertz CT molecular complexity index is 592. The summed E-state index contributed by atoms with van der Waals surface area (Å²) in [4.78, 5) is 11.0. The molecule has 0 amide bonds. The third-order valence-electron chi connectivity index (χ3n) is 2.36. The van der Waals surface area contributed by atoms with Gasteiger partial charge in [0.25, 0.3) is 0 Å². The molecule has 0 saturated heterocycles. The topological polar surface area (TPSA) is 81.1 Å². The summed E-state index contributed by atoms with van der Waals surface area (Å²) in [5.41, 5.74) is 6.95. The van der Waals surface area contributed by atoms with Gasteiger partial charge in [-0.15, -0.1) is 0 Å². The number of aromatic carboxylic acids is 1. The van der Waals surface area contributed by atoms with Crippen LogP contribution in [0.5, 0.6) is 0 Å². The second-order valence-electron chi connectivity index (χ2n) is 3.54. The smallest absolute Gasteiger partial charge is 0.341 e. The molecular formula is C11H10BrN3O2. The third kappa shape index (κ3) is 2.03. The van der Waals surface area contributed by atoms with Gasteiger partial charge in [-0.25, -0.2) is 9.48 Å². The van der Waals surface area contributed by atoms with Gasteiger partial charge in [0.1, 0.15) is 11.4 Å². The predicted octanol–water partition coefficient (Wildman–Crippen LogP) is 2.22. The fraction of sp³-hybridized carbons (Fsp3) is 0.0909. The van der Waals surface area contributed by atoms with Gasteiger partial charge in [-0.3, -0.25) is 0 Å². The molecule has 88 valence electrons. The van der Waals surface area contributed by atoms with Gasteiger partial charge in [0.2, 0.25) is 0 Å². The fourth-order valence-corrected chi connectivity index (χ4v) is 2.00. The number of carboxylic acids is 1. The molecule has 3 N–H and O–H groups in total. The van der Waals surface area contributed by atoms with Crippen molar-refractivity contribution < 1.29 is 9.90 Å². The molecule has 1 aromatic carbocycles. The van der Waals surface area contributed by atoms with Crippen LogP contribution in [0.25, 0.3) is 5.69 Å². The average molecular weight is 296 g/mol. The fourth-order valence-electron chi connectivity index (χ4n) is 1.61. The number of aryl methyl sites for hydroxylation is 1. The lowest BCUT2D eigenvalue weighted by Gasteiger charge is -2.04. The molecule has 5 nitrogen and oxygen atoms in total. The number of nitrogen functional groups attached to an aromatic ring is 1. The minimum absolute atomic E-state index is 0.0463. The van der Waals surface area contributed by atoms with E-state index in [4.69, 9.17) is 10.8 Å². The lowest BCUT2D eigenvalue weighted by Crippen LogP contribution is -2.05. The highest BCUT2D eigenvalue weighted by Gasteiger charge is 2.19. The maximum absolute atomic E-state index is 11.0. The monoisotopic (exact) mass is 295 g/mol. The van der Waals surface area contributed by atoms with Crippen molar-refractivity contribution in [1.82, 2.24) is 9.78 Å². The summed E-state index contributed by atoms with van der Waals surface area (Å²) in [7, 11) is 0. The Morgan fingerprint density at radius 2 is 2.24 bits per heavy atom. The standard InChI is InChI=1S/C11H10BrN3O2/c1-6-9(11(16)17)10(13)15(14-6)8-4-2-3-7(12)5-8/h2-5H,13H2,1H3,(H,16,17). The number of carbonyl (C=O) groups is 1. The van der Waals surface area contributed by atoms with Crippen molar-refractivity contribution in [3.63, 3.8) is 0 Å². The molecule has 0 radical (unpaired) electrons. The molecular weight excluding hydrogens is 286 g/mol. The van der Waals surface area contributed by atoms with E-state index >= 15 is 0 Å². The van der Waals surface area contributed by atoms with E-state index in [1.165, 1.54) is 4.68 Å². The summed E-state index contributed by atoms with van der Waals surface area (Å²) in [5.74, 6) is -0.936. The van der Waals surface area contributed by atoms with Gasteiger partial charge >= 0.3 is 5.97 Å². The lowest BCUT2D eigenvalue weighted by molar-refractivity contribution is 0.0697. The van der Waals surface area contributed by atoms with E-state index in [0.29, 0.717) is 11.4 Å². The summed E-state index contributed by atoms with van der Waals surface area (Å²) in [5, 5.41) is 13.2. The number of halogens is 1. The van der Waals surface area contributed by atoms with Gasteiger partial charge in [-0.2, -0.15) is 5.10 Å². The Balaban J connectivity index is 2.62. The van der Waals surface area contributed by atoms with Gasteiger partial charge in [-0.05, 0) is 25.1 Å². The number of hydrogen-bond acceptors (Lipinski definition) is 3. The first-order valence-corrected chi connectivity index (χ1v) is 5.64. The summed E-state index contributed by atoms with van der Waals surface area (Å²) >= 11 is 3.34. The van der Waals surface area contributed by atoms with Crippen LogP contribution in [0, 0.1) is 6.92 Å². The van der Waals surface area contributed by atoms with E-state index in [0.717, 1.165) is 4.47 Å². The van der Waals surface area contributed by atoms with E-state index in [-0.39, 0.29) is 11.4 Å². The highest BCUT2D eigenvalue weighted by Crippen LogP contribution is 2.22. The van der Waals surface area contributed by atoms with Crippen LogP contribution in [0.4, 0.5) is 5.82 Å². The first-order chi connectivity index (χ1) is 8.00. The maximum Gasteiger partial charge on any atom is 0.341 e. The molecule has 0 aliphatic carbocycles. The van der Waals surface area contributed by atoms with Crippen molar-refractivity contribution in [1.29, 1.82) is 0 Å². The van der Waals surface area contributed by atoms with E-state index in [1.54, 1.807) is 13.0 Å². The zero-order valence-electron chi connectivity index (χ0n) is 9.01. The van der Waals surface area contributed by atoms with Crippen LogP contribution in [0.3, 0.4) is 0 Å². The summed E-state index contributed by atoms with van der Waals surface area (Å²) < 4.78 is 2.29. The van der Waals surface area contributed by atoms with Crippen molar-refractivity contribution >= 4 is 27.7 Å². The van der Waals surface area contributed by atoms with Crippen LogP contribution in [0.15, 0.2) is 28.7 Å². The SMILES string of the molecule is Cc1nn(-c2cccc(Br)c2)c(N)c1C(=O)O. The van der Waals surface area contributed by atoms with Crippen LogP contribution in [-0.4, -0.2) is 20.9 Å². The molecule has 0 unspecified atom stereocenters. The number of nitrogens with zero attached hydrogens (tertiary/aromatic N) is 2. The molecule has 2 rings (SSSR count). The second kappa shape index (κ2) is 4.21. The number of anilines is 1. The zero-order chi connectivity index (χ0) is 12.6. The summed E-state index contributed by atoms with van der Waals surface area (Å²) in [6.07, 6.45) is 0. The van der Waals surface area contributed by atoms with E-state index in [9.17, 15) is 4.79 Å². The van der Waals surface area contributed by atoms with Gasteiger partial charge in [-0.1, -0.05) is 22.0 Å². The molecule has 1 aromatic heterocycles. The molecule has 0 aliphatic heterocycles. The quantitative estimate of drug-likeness (QED) is 0.890. The molecule has 0 bridgehead atoms. The molecule has 0 spiro atoms. The van der Waals surface area contributed by atoms with Crippen molar-refractivity contribution in [2.24, 2.45) is 0 Å². The van der Waals surface area contributed by atoms with Crippen LogP contribution >= 0.6 is 15.9 Å². The van der Waals surface area contributed by atoms with Crippen LogP contribution in [-0.2, 0) is 0 Å². The Morgan fingerprint density at radius 1 is 1.53 bits per heavy atom. The Morgan fingerprint density at radius 3 is 2.76 bits per heavy atom. The average Bonchev–Trinajstić information content (AvgIpc) is 2.54. The van der Waals surface area contributed by atoms with Gasteiger partial charge in [0.05, 0.1) is 11.4 Å². The number of nitrogens with two attached hydrogens (primary N) is 1. The molecule has 17 heavy (non-hydrogen) atoms. The predicted molar refractivity (Wildman–Crippen MR) is 67.4 cm³/mol. The number of carboxylic acid groups (broad SMARTS) is 1. The normalized spacial score (nSPS) is 10.5. The van der Waals surface area contributed by atoms with E-state index < -0.39 is 5.97 Å². The van der Waals surface area contributed by atoms with Gasteiger partial charge in [0, 0.05) is 4.47 Å². The molecule has 6 heteroatoms. The first-order valence-electron chi connectivity index (χ1n) is 4.85. The second-order valence-corrected chi connectivity index (χ2v) is 4.46. The van der Waals surface area contributed by atoms with Crippen LogP contribution in [0.2, 0.25) is 0 Å². The molecule has 0 fully saturated rings. The molecule has 2 aromatic rings. The largest absolute Gasteiger partial charge is 0.477 e. The van der Waals surface area contributed by atoms with Crippen molar-refractivity contribution in [2.45, 2.75) is 6.92 Å². The molecule has 0 atom stereocenters. The number of hydrogen-bond donors (Lipinski definition) is 2. The Hall–Kier alpha value is -1.82.